The third-order valence-corrected chi connectivity index (χ3v) is 3.78. The zero-order valence-electron chi connectivity index (χ0n) is 12.0. The number of carbonyl (C=O) groups is 2. The van der Waals surface area contributed by atoms with E-state index in [9.17, 15) is 9.59 Å². The quantitative estimate of drug-likeness (QED) is 0.635. The number of rotatable bonds is 6. The Hall–Kier alpha value is -1.68. The number of hydrogen-bond donors (Lipinski definition) is 1. The van der Waals surface area contributed by atoms with Crippen molar-refractivity contribution in [1.82, 2.24) is 10.2 Å². The highest BCUT2D eigenvalue weighted by Crippen LogP contribution is 2.11. The van der Waals surface area contributed by atoms with Crippen molar-refractivity contribution < 1.29 is 9.59 Å². The summed E-state index contributed by atoms with van der Waals surface area (Å²) in [7, 11) is 1.56. The fourth-order valence-electron chi connectivity index (χ4n) is 2.48. The fourth-order valence-corrected chi connectivity index (χ4v) is 2.48. The number of amides is 2. The minimum atomic E-state index is -0.186. The van der Waals surface area contributed by atoms with Gasteiger partial charge in [-0.25, -0.2) is 0 Å². The molecule has 1 saturated heterocycles. The van der Waals surface area contributed by atoms with Crippen molar-refractivity contribution >= 4 is 11.8 Å². The first-order valence-electron chi connectivity index (χ1n) is 7.26. The second-order valence-electron chi connectivity index (χ2n) is 5.28. The second-order valence-corrected chi connectivity index (χ2v) is 5.28. The number of carbonyl (C=O) groups excluding carboxylic acids is 2. The van der Waals surface area contributed by atoms with Crippen LogP contribution in [0.3, 0.4) is 0 Å². The lowest BCUT2D eigenvalue weighted by atomic mass is 10.0. The van der Waals surface area contributed by atoms with Crippen LogP contribution in [0.4, 0.5) is 0 Å². The molecule has 1 N–H and O–H groups in total. The van der Waals surface area contributed by atoms with Gasteiger partial charge in [0.05, 0.1) is 6.04 Å². The normalized spacial score (nSPS) is 19.4. The van der Waals surface area contributed by atoms with E-state index in [4.69, 9.17) is 0 Å². The second kappa shape index (κ2) is 7.20. The van der Waals surface area contributed by atoms with Crippen molar-refractivity contribution in [2.75, 3.05) is 13.6 Å². The summed E-state index contributed by atoms with van der Waals surface area (Å²) >= 11 is 0. The van der Waals surface area contributed by atoms with Crippen molar-refractivity contribution in [3.63, 3.8) is 0 Å². The topological polar surface area (TPSA) is 49.4 Å². The number of nitrogens with one attached hydrogen (secondary N) is 1. The van der Waals surface area contributed by atoms with E-state index in [1.54, 1.807) is 7.05 Å². The van der Waals surface area contributed by atoms with Crippen molar-refractivity contribution in [3.8, 4) is 0 Å². The first-order chi connectivity index (χ1) is 9.68. The van der Waals surface area contributed by atoms with Crippen LogP contribution in [0.15, 0.2) is 30.3 Å². The first-order valence-corrected chi connectivity index (χ1v) is 7.26. The Morgan fingerprint density at radius 3 is 2.70 bits per heavy atom. The molecule has 0 spiro atoms. The van der Waals surface area contributed by atoms with Crippen LogP contribution in [0.5, 0.6) is 0 Å². The molecular formula is C16H22N2O2. The number of piperidine rings is 1. The number of imide groups is 1. The van der Waals surface area contributed by atoms with Crippen molar-refractivity contribution in [2.45, 2.75) is 38.1 Å². The molecule has 1 aromatic rings. The van der Waals surface area contributed by atoms with Crippen molar-refractivity contribution in [1.29, 1.82) is 0 Å². The Balaban J connectivity index is 1.64. The molecular weight excluding hydrogens is 252 g/mol. The largest absolute Gasteiger partial charge is 0.306 e. The number of likely N-dealkylation sites (N-methyl/N-ethyl adjacent to an activating group) is 1. The summed E-state index contributed by atoms with van der Waals surface area (Å²) in [6.45, 7) is 0.825. The fraction of sp³-hybridized carbons (Fsp3) is 0.500. The van der Waals surface area contributed by atoms with Crippen molar-refractivity contribution in [3.05, 3.63) is 35.9 Å². The maximum Gasteiger partial charge on any atom is 0.246 e. The summed E-state index contributed by atoms with van der Waals surface area (Å²) in [5, 5.41) is 3.27. The molecule has 20 heavy (non-hydrogen) atoms. The number of hydrogen-bond acceptors (Lipinski definition) is 3. The lowest BCUT2D eigenvalue weighted by molar-refractivity contribution is -0.148. The van der Waals surface area contributed by atoms with Crippen LogP contribution < -0.4 is 5.32 Å². The Bertz CT molecular complexity index is 459. The summed E-state index contributed by atoms with van der Waals surface area (Å²) in [4.78, 5) is 24.5. The zero-order valence-corrected chi connectivity index (χ0v) is 12.0. The molecule has 1 atom stereocenters. The van der Waals surface area contributed by atoms with Gasteiger partial charge in [0.2, 0.25) is 11.8 Å². The molecule has 0 radical (unpaired) electrons. The molecule has 2 rings (SSSR count). The molecule has 0 bridgehead atoms. The number of nitrogens with zero attached hydrogens (tertiary/aromatic N) is 1. The molecule has 0 aromatic heterocycles. The van der Waals surface area contributed by atoms with E-state index >= 15 is 0 Å². The van der Waals surface area contributed by atoms with E-state index in [0.717, 1.165) is 25.8 Å². The van der Waals surface area contributed by atoms with E-state index < -0.39 is 0 Å². The maximum absolute atomic E-state index is 11.9. The molecule has 1 aromatic carbocycles. The molecule has 0 aliphatic carbocycles. The van der Waals surface area contributed by atoms with Gasteiger partial charge in [-0.1, -0.05) is 30.3 Å². The molecule has 1 aliphatic heterocycles. The van der Waals surface area contributed by atoms with Crippen LogP contribution in [0, 0.1) is 0 Å². The molecule has 4 heteroatoms. The summed E-state index contributed by atoms with van der Waals surface area (Å²) in [5.41, 5.74) is 1.35. The Morgan fingerprint density at radius 1 is 1.20 bits per heavy atom. The minimum Gasteiger partial charge on any atom is -0.306 e. The summed E-state index contributed by atoms with van der Waals surface area (Å²) < 4.78 is 0. The Kier molecular flexibility index (Phi) is 5.30. The van der Waals surface area contributed by atoms with Gasteiger partial charge in [-0.3, -0.25) is 14.5 Å². The van der Waals surface area contributed by atoms with Crippen LogP contribution in [0.1, 0.15) is 31.2 Å². The predicted octanol–water partition coefficient (Wildman–Crippen LogP) is 1.75. The van der Waals surface area contributed by atoms with Gasteiger partial charge in [-0.2, -0.15) is 0 Å². The predicted molar refractivity (Wildman–Crippen MR) is 78.2 cm³/mol. The molecule has 4 nitrogen and oxygen atoms in total. The van der Waals surface area contributed by atoms with E-state index in [0.29, 0.717) is 12.8 Å². The van der Waals surface area contributed by atoms with Gasteiger partial charge in [0.25, 0.3) is 0 Å². The van der Waals surface area contributed by atoms with Gasteiger partial charge in [-0.15, -0.1) is 0 Å². The Morgan fingerprint density at radius 2 is 1.95 bits per heavy atom. The van der Waals surface area contributed by atoms with Crippen molar-refractivity contribution in [2.24, 2.45) is 0 Å². The standard InChI is InChI=1S/C16H22N2O2/c1-18-15(19)11-10-14(16(18)20)17-12-6-5-9-13-7-3-2-4-8-13/h2-4,7-8,14,17H,5-6,9-12H2,1H3. The van der Waals surface area contributed by atoms with Gasteiger partial charge in [0, 0.05) is 13.5 Å². The number of likely N-dealkylation sites (tertiary alicyclic amines) is 1. The summed E-state index contributed by atoms with van der Waals surface area (Å²) in [5.74, 6) is -0.165. The zero-order chi connectivity index (χ0) is 14.4. The summed E-state index contributed by atoms with van der Waals surface area (Å²) in [6, 6.07) is 10.2. The monoisotopic (exact) mass is 274 g/mol. The lowest BCUT2D eigenvalue weighted by Crippen LogP contribution is -2.51. The van der Waals surface area contributed by atoms with E-state index in [1.165, 1.54) is 10.5 Å². The van der Waals surface area contributed by atoms with Gasteiger partial charge in [-0.05, 0) is 37.8 Å². The molecule has 108 valence electrons. The van der Waals surface area contributed by atoms with E-state index in [-0.39, 0.29) is 17.9 Å². The number of unbranched alkanes of at least 4 members (excludes halogenated alkanes) is 1. The van der Waals surface area contributed by atoms with Crippen LogP contribution >= 0.6 is 0 Å². The third-order valence-electron chi connectivity index (χ3n) is 3.78. The smallest absolute Gasteiger partial charge is 0.246 e. The highest BCUT2D eigenvalue weighted by atomic mass is 16.2. The average Bonchev–Trinajstić information content (AvgIpc) is 2.48. The van der Waals surface area contributed by atoms with Gasteiger partial charge in [0.1, 0.15) is 0 Å². The molecule has 2 amide bonds. The maximum atomic E-state index is 11.9. The van der Waals surface area contributed by atoms with Gasteiger partial charge >= 0.3 is 0 Å². The SMILES string of the molecule is CN1C(=O)CCC(NCCCCc2ccccc2)C1=O. The van der Waals surface area contributed by atoms with Gasteiger partial charge < -0.3 is 5.32 Å². The van der Waals surface area contributed by atoms with E-state index in [1.807, 2.05) is 6.07 Å². The number of benzene rings is 1. The average molecular weight is 274 g/mol. The lowest BCUT2D eigenvalue weighted by Gasteiger charge is -2.28. The Labute approximate surface area is 120 Å². The molecule has 1 aliphatic rings. The number of aryl methyl sites for hydroxylation is 1. The van der Waals surface area contributed by atoms with E-state index in [2.05, 4.69) is 29.6 Å². The third kappa shape index (κ3) is 3.90. The van der Waals surface area contributed by atoms with Crippen LogP contribution in [-0.4, -0.2) is 36.3 Å². The first kappa shape index (κ1) is 14.7. The highest BCUT2D eigenvalue weighted by molar-refractivity contribution is 6.00. The molecule has 0 saturated carbocycles. The van der Waals surface area contributed by atoms with Crippen LogP contribution in [-0.2, 0) is 16.0 Å². The van der Waals surface area contributed by atoms with Crippen LogP contribution in [0.25, 0.3) is 0 Å². The summed E-state index contributed by atoms with van der Waals surface area (Å²) in [6.07, 6.45) is 4.30. The van der Waals surface area contributed by atoms with Gasteiger partial charge in [0.15, 0.2) is 0 Å². The molecule has 1 unspecified atom stereocenters. The highest BCUT2D eigenvalue weighted by Gasteiger charge is 2.30. The molecule has 1 heterocycles. The molecule has 1 fully saturated rings. The minimum absolute atomic E-state index is 0.0721. The van der Waals surface area contributed by atoms with Crippen LogP contribution in [0.2, 0.25) is 0 Å².